The predicted octanol–water partition coefficient (Wildman–Crippen LogP) is 4.94. The molecule has 190 valence electrons. The van der Waals surface area contributed by atoms with Gasteiger partial charge >= 0.3 is 0 Å². The van der Waals surface area contributed by atoms with Crippen LogP contribution in [0.5, 0.6) is 0 Å². The highest BCUT2D eigenvalue weighted by atomic mass is 32.2. The van der Waals surface area contributed by atoms with Gasteiger partial charge in [-0.15, -0.1) is 10.2 Å². The molecule has 2 N–H and O–H groups in total. The number of thioether (sulfide) groups is 1. The molecule has 0 radical (unpaired) electrons. The van der Waals surface area contributed by atoms with Crippen LogP contribution in [0.25, 0.3) is 11.4 Å². The highest BCUT2D eigenvalue weighted by molar-refractivity contribution is 8.00. The summed E-state index contributed by atoms with van der Waals surface area (Å²) in [5, 5.41) is 14.9. The van der Waals surface area contributed by atoms with E-state index in [0.29, 0.717) is 5.92 Å². The van der Waals surface area contributed by atoms with Crippen LogP contribution in [0, 0.1) is 19.8 Å². The molecule has 0 unspecified atom stereocenters. The van der Waals surface area contributed by atoms with Gasteiger partial charge in [-0.2, -0.15) is 0 Å². The number of nitrogens with zero attached hydrogens (tertiary/aromatic N) is 4. The third-order valence-corrected chi connectivity index (χ3v) is 7.86. The van der Waals surface area contributed by atoms with Gasteiger partial charge in [-0.25, -0.2) is 0 Å². The maximum Gasteiger partial charge on any atom is 0.243 e. The number of anilines is 1. The molecule has 1 saturated carbocycles. The van der Waals surface area contributed by atoms with Crippen molar-refractivity contribution in [1.82, 2.24) is 25.1 Å². The van der Waals surface area contributed by atoms with Gasteiger partial charge in [-0.05, 0) is 62.8 Å². The van der Waals surface area contributed by atoms with Crippen molar-refractivity contribution in [3.05, 3.63) is 53.9 Å². The summed E-state index contributed by atoms with van der Waals surface area (Å²) in [6.07, 6.45) is 8.15. The van der Waals surface area contributed by atoms with Gasteiger partial charge in [0.25, 0.3) is 0 Å². The number of carbonyl (C=O) groups is 2. The summed E-state index contributed by atoms with van der Waals surface area (Å²) < 4.78 is 2.20. The van der Waals surface area contributed by atoms with Gasteiger partial charge in [0.2, 0.25) is 11.8 Å². The van der Waals surface area contributed by atoms with Gasteiger partial charge in [-0.1, -0.05) is 49.7 Å². The van der Waals surface area contributed by atoms with Gasteiger partial charge in [0.15, 0.2) is 11.0 Å². The van der Waals surface area contributed by atoms with Gasteiger partial charge in [-0.3, -0.25) is 19.1 Å². The molecule has 3 atom stereocenters. The molecule has 1 aliphatic carbocycles. The van der Waals surface area contributed by atoms with Crippen molar-refractivity contribution in [2.75, 3.05) is 11.9 Å². The number of aromatic nitrogens is 4. The minimum atomic E-state index is -0.443. The minimum Gasteiger partial charge on any atom is -0.346 e. The minimum absolute atomic E-state index is 0.0925. The first-order chi connectivity index (χ1) is 17.3. The first kappa shape index (κ1) is 25.9. The van der Waals surface area contributed by atoms with Crippen molar-refractivity contribution >= 4 is 29.3 Å². The Kier molecular flexibility index (Phi) is 8.40. The van der Waals surface area contributed by atoms with E-state index in [4.69, 9.17) is 0 Å². The summed E-state index contributed by atoms with van der Waals surface area (Å²) in [5.41, 5.74) is 3.67. The second-order valence-corrected chi connectivity index (χ2v) is 10.8. The zero-order valence-corrected chi connectivity index (χ0v) is 22.1. The molecular formula is C27H34N6O2S. The van der Waals surface area contributed by atoms with E-state index in [1.165, 1.54) is 18.2 Å². The molecule has 0 aliphatic heterocycles. The monoisotopic (exact) mass is 506 g/mol. The molecule has 4 rings (SSSR count). The first-order valence-corrected chi connectivity index (χ1v) is 13.4. The van der Waals surface area contributed by atoms with E-state index in [1.807, 2.05) is 51.1 Å². The molecule has 9 heteroatoms. The van der Waals surface area contributed by atoms with E-state index < -0.39 is 5.25 Å². The molecule has 36 heavy (non-hydrogen) atoms. The Hall–Kier alpha value is -3.20. The number of para-hydroxylation sites is 1. The summed E-state index contributed by atoms with van der Waals surface area (Å²) in [6, 6.07) is 10.00. The van der Waals surface area contributed by atoms with E-state index >= 15 is 0 Å². The number of rotatable bonds is 8. The smallest absolute Gasteiger partial charge is 0.243 e. The summed E-state index contributed by atoms with van der Waals surface area (Å²) >= 11 is 1.38. The molecule has 2 amide bonds. The van der Waals surface area contributed by atoms with Crippen LogP contribution in [-0.2, 0) is 9.59 Å². The zero-order chi connectivity index (χ0) is 25.7. The Labute approximate surface area is 216 Å². The number of amides is 2. The van der Waals surface area contributed by atoms with Crippen molar-refractivity contribution in [2.45, 2.75) is 69.8 Å². The zero-order valence-electron chi connectivity index (χ0n) is 21.3. The van der Waals surface area contributed by atoms with Crippen LogP contribution in [0.4, 0.5) is 5.69 Å². The summed E-state index contributed by atoms with van der Waals surface area (Å²) in [5.74, 6) is 0.800. The normalized spacial score (nSPS) is 18.4. The average molecular weight is 507 g/mol. The Bertz CT molecular complexity index is 1190. The molecule has 0 bridgehead atoms. The highest BCUT2D eigenvalue weighted by Gasteiger charge is 2.30. The van der Waals surface area contributed by atoms with Gasteiger partial charge < -0.3 is 10.6 Å². The maximum absolute atomic E-state index is 12.9. The third-order valence-electron chi connectivity index (χ3n) is 6.80. The lowest BCUT2D eigenvalue weighted by molar-refractivity contribution is -0.123. The fourth-order valence-electron chi connectivity index (χ4n) is 4.75. The van der Waals surface area contributed by atoms with Crippen LogP contribution in [0.2, 0.25) is 0 Å². The van der Waals surface area contributed by atoms with Crippen molar-refractivity contribution in [1.29, 1.82) is 0 Å². The number of pyridine rings is 1. The fraction of sp³-hybridized carbons (Fsp3) is 0.444. The van der Waals surface area contributed by atoms with Crippen LogP contribution in [0.15, 0.2) is 47.9 Å². The van der Waals surface area contributed by atoms with E-state index in [2.05, 4.69) is 37.3 Å². The van der Waals surface area contributed by atoms with Gasteiger partial charge in [0.1, 0.15) is 0 Å². The second kappa shape index (κ2) is 11.7. The molecule has 0 spiro atoms. The second-order valence-electron chi connectivity index (χ2n) is 9.54. The van der Waals surface area contributed by atoms with Crippen LogP contribution in [-0.4, -0.2) is 43.4 Å². The van der Waals surface area contributed by atoms with Crippen molar-refractivity contribution in [3.63, 3.8) is 0 Å². The molecule has 3 aromatic rings. The van der Waals surface area contributed by atoms with Crippen LogP contribution < -0.4 is 10.6 Å². The highest BCUT2D eigenvalue weighted by Crippen LogP contribution is 2.39. The van der Waals surface area contributed by atoms with E-state index in [-0.39, 0.29) is 24.4 Å². The number of benzene rings is 1. The number of aryl methyl sites for hydroxylation is 2. The summed E-state index contributed by atoms with van der Waals surface area (Å²) in [6.45, 7) is 7.91. The standard InChI is InChI=1S/C27H34N6O2S/c1-17-9-5-6-13-22(17)33-25(21-12-8-14-28-15-21)31-32-27(33)36-20(4)26(35)29-16-23(34)30-24-18(2)10-7-11-19(24)3/h7-8,10-12,14-15,17,20,22H,5-6,9,13,16H2,1-4H3,(H,29,35)(H,30,34)/t17-,20+,22+/m0/s1. The molecule has 1 aliphatic rings. The maximum atomic E-state index is 12.9. The largest absolute Gasteiger partial charge is 0.346 e. The van der Waals surface area contributed by atoms with Gasteiger partial charge in [0, 0.05) is 29.7 Å². The van der Waals surface area contributed by atoms with Crippen LogP contribution in [0.3, 0.4) is 0 Å². The van der Waals surface area contributed by atoms with Crippen LogP contribution in [0.1, 0.15) is 56.7 Å². The molecule has 1 aromatic carbocycles. The first-order valence-electron chi connectivity index (χ1n) is 12.5. The lowest BCUT2D eigenvalue weighted by Gasteiger charge is -2.31. The predicted molar refractivity (Wildman–Crippen MR) is 143 cm³/mol. The number of hydrogen-bond donors (Lipinski definition) is 2. The molecule has 0 saturated heterocycles. The molecular weight excluding hydrogens is 472 g/mol. The molecule has 2 aromatic heterocycles. The number of nitrogens with one attached hydrogen (secondary N) is 2. The average Bonchev–Trinajstić information content (AvgIpc) is 3.28. The quantitative estimate of drug-likeness (QED) is 0.420. The third kappa shape index (κ3) is 5.95. The molecule has 2 heterocycles. The van der Waals surface area contributed by atoms with Crippen molar-refractivity contribution in [3.8, 4) is 11.4 Å². The lowest BCUT2D eigenvalue weighted by atomic mass is 9.85. The van der Waals surface area contributed by atoms with Crippen LogP contribution >= 0.6 is 11.8 Å². The summed E-state index contributed by atoms with van der Waals surface area (Å²) in [7, 11) is 0. The summed E-state index contributed by atoms with van der Waals surface area (Å²) in [4.78, 5) is 29.6. The van der Waals surface area contributed by atoms with E-state index in [1.54, 1.807) is 12.4 Å². The Balaban J connectivity index is 1.45. The Morgan fingerprint density at radius 1 is 1.11 bits per heavy atom. The topological polar surface area (TPSA) is 102 Å². The van der Waals surface area contributed by atoms with E-state index in [9.17, 15) is 9.59 Å². The Morgan fingerprint density at radius 3 is 2.56 bits per heavy atom. The van der Waals surface area contributed by atoms with Gasteiger partial charge in [0.05, 0.1) is 11.8 Å². The lowest BCUT2D eigenvalue weighted by Crippen LogP contribution is -2.37. The molecule has 8 nitrogen and oxygen atoms in total. The van der Waals surface area contributed by atoms with Crippen molar-refractivity contribution in [2.24, 2.45) is 5.92 Å². The SMILES string of the molecule is Cc1cccc(C)c1NC(=O)CNC(=O)[C@@H](C)Sc1nnc(-c2cccnc2)n1[C@@H]1CCCC[C@@H]1C. The number of hydrogen-bond acceptors (Lipinski definition) is 6. The molecule has 1 fully saturated rings. The number of carbonyl (C=O) groups excluding carboxylic acids is 2. The van der Waals surface area contributed by atoms with Crippen molar-refractivity contribution < 1.29 is 9.59 Å². The van der Waals surface area contributed by atoms with E-state index in [0.717, 1.165) is 52.6 Å². The Morgan fingerprint density at radius 2 is 1.86 bits per heavy atom. The fourth-order valence-corrected chi connectivity index (χ4v) is 5.68.